The van der Waals surface area contributed by atoms with Gasteiger partial charge in [-0.3, -0.25) is 4.79 Å². The number of nitrogens with zero attached hydrogens (tertiary/aromatic N) is 1. The Labute approximate surface area is 117 Å². The minimum Gasteiger partial charge on any atom is -0.321 e. The summed E-state index contributed by atoms with van der Waals surface area (Å²) in [5, 5.41) is 3.18. The molecule has 0 bridgehead atoms. The fourth-order valence-electron chi connectivity index (χ4n) is 1.46. The van der Waals surface area contributed by atoms with E-state index < -0.39 is 23.4 Å². The number of halogens is 3. The van der Waals surface area contributed by atoms with Crippen molar-refractivity contribution in [2.45, 2.75) is 5.03 Å². The van der Waals surface area contributed by atoms with E-state index in [1.807, 2.05) is 6.26 Å². The van der Waals surface area contributed by atoms with Crippen LogP contribution in [0, 0.1) is 17.5 Å². The fourth-order valence-corrected chi connectivity index (χ4v) is 1.83. The molecule has 1 aromatic carbocycles. The smallest absolute Gasteiger partial charge is 0.255 e. The van der Waals surface area contributed by atoms with Crippen LogP contribution in [0.25, 0.3) is 0 Å². The van der Waals surface area contributed by atoms with Crippen molar-refractivity contribution >= 4 is 23.4 Å². The van der Waals surface area contributed by atoms with Gasteiger partial charge in [-0.25, -0.2) is 18.2 Å². The molecule has 7 heteroatoms. The van der Waals surface area contributed by atoms with Crippen molar-refractivity contribution in [2.24, 2.45) is 0 Å². The van der Waals surface area contributed by atoms with E-state index in [4.69, 9.17) is 0 Å². The lowest BCUT2D eigenvalue weighted by atomic mass is 10.2. The SMILES string of the molecule is CSc1ccc(NC(=O)c2cc(F)c(F)c(F)c2)cn1. The first-order valence-corrected chi connectivity index (χ1v) is 6.69. The van der Waals surface area contributed by atoms with Crippen molar-refractivity contribution < 1.29 is 18.0 Å². The molecule has 20 heavy (non-hydrogen) atoms. The number of amides is 1. The van der Waals surface area contributed by atoms with Gasteiger partial charge < -0.3 is 5.32 Å². The first kappa shape index (κ1) is 14.4. The number of thioether (sulfide) groups is 1. The van der Waals surface area contributed by atoms with Gasteiger partial charge in [0, 0.05) is 5.56 Å². The van der Waals surface area contributed by atoms with Crippen LogP contribution < -0.4 is 5.32 Å². The van der Waals surface area contributed by atoms with E-state index in [2.05, 4.69) is 10.3 Å². The van der Waals surface area contributed by atoms with Gasteiger partial charge in [-0.15, -0.1) is 11.8 Å². The molecular weight excluding hydrogens is 289 g/mol. The molecule has 0 fully saturated rings. The van der Waals surface area contributed by atoms with Gasteiger partial charge in [0.25, 0.3) is 5.91 Å². The molecule has 0 saturated carbocycles. The third-order valence-corrected chi connectivity index (χ3v) is 3.11. The topological polar surface area (TPSA) is 42.0 Å². The second kappa shape index (κ2) is 5.96. The Morgan fingerprint density at radius 1 is 1.20 bits per heavy atom. The van der Waals surface area contributed by atoms with E-state index >= 15 is 0 Å². The first-order valence-electron chi connectivity index (χ1n) is 5.47. The Balaban J connectivity index is 2.19. The average Bonchev–Trinajstić information content (AvgIpc) is 2.45. The number of aromatic nitrogens is 1. The number of anilines is 1. The summed E-state index contributed by atoms with van der Waals surface area (Å²) in [4.78, 5) is 15.8. The Morgan fingerprint density at radius 2 is 1.85 bits per heavy atom. The molecule has 0 aliphatic carbocycles. The number of rotatable bonds is 3. The predicted molar refractivity (Wildman–Crippen MR) is 70.3 cm³/mol. The van der Waals surface area contributed by atoms with Crippen molar-refractivity contribution in [1.82, 2.24) is 4.98 Å². The minimum absolute atomic E-state index is 0.310. The van der Waals surface area contributed by atoms with E-state index in [9.17, 15) is 18.0 Å². The summed E-state index contributed by atoms with van der Waals surface area (Å²) in [6, 6.07) is 4.56. The molecule has 2 rings (SSSR count). The lowest BCUT2D eigenvalue weighted by molar-refractivity contribution is 0.102. The zero-order valence-corrected chi connectivity index (χ0v) is 11.1. The Hall–Kier alpha value is -2.02. The van der Waals surface area contributed by atoms with Gasteiger partial charge in [0.1, 0.15) is 0 Å². The maximum Gasteiger partial charge on any atom is 0.255 e. The largest absolute Gasteiger partial charge is 0.321 e. The van der Waals surface area contributed by atoms with E-state index in [1.165, 1.54) is 18.0 Å². The molecule has 0 radical (unpaired) electrons. The highest BCUT2D eigenvalue weighted by Crippen LogP contribution is 2.17. The molecule has 0 aliphatic heterocycles. The van der Waals surface area contributed by atoms with E-state index in [0.29, 0.717) is 17.8 Å². The van der Waals surface area contributed by atoms with Crippen molar-refractivity contribution in [2.75, 3.05) is 11.6 Å². The molecular formula is C13H9F3N2OS. The highest BCUT2D eigenvalue weighted by Gasteiger charge is 2.15. The standard InChI is InChI=1S/C13H9F3N2OS/c1-20-11-3-2-8(6-17-11)18-13(19)7-4-9(14)12(16)10(15)5-7/h2-6H,1H3,(H,18,19). The Kier molecular flexibility index (Phi) is 4.29. The van der Waals surface area contributed by atoms with Crippen LogP contribution in [0.4, 0.5) is 18.9 Å². The van der Waals surface area contributed by atoms with Gasteiger partial charge in [0.05, 0.1) is 16.9 Å². The zero-order chi connectivity index (χ0) is 14.7. The highest BCUT2D eigenvalue weighted by molar-refractivity contribution is 7.98. The molecule has 0 saturated heterocycles. The molecule has 1 amide bonds. The second-order valence-corrected chi connectivity index (χ2v) is 4.62. The third-order valence-electron chi connectivity index (χ3n) is 2.45. The van der Waals surface area contributed by atoms with Crippen LogP contribution in [-0.4, -0.2) is 17.1 Å². The molecule has 0 atom stereocenters. The second-order valence-electron chi connectivity index (χ2n) is 3.80. The maximum atomic E-state index is 13.0. The quantitative estimate of drug-likeness (QED) is 0.697. The van der Waals surface area contributed by atoms with Crippen molar-refractivity contribution in [1.29, 1.82) is 0 Å². The number of hydrogen-bond acceptors (Lipinski definition) is 3. The number of carbonyl (C=O) groups is 1. The maximum absolute atomic E-state index is 13.0. The lowest BCUT2D eigenvalue weighted by Gasteiger charge is -2.06. The van der Waals surface area contributed by atoms with Crippen molar-refractivity contribution in [3.8, 4) is 0 Å². The zero-order valence-electron chi connectivity index (χ0n) is 10.3. The normalized spacial score (nSPS) is 10.4. The molecule has 1 N–H and O–H groups in total. The van der Waals surface area contributed by atoms with Gasteiger partial charge in [-0.1, -0.05) is 0 Å². The Morgan fingerprint density at radius 3 is 2.35 bits per heavy atom. The van der Waals surface area contributed by atoms with Crippen LogP contribution in [0.1, 0.15) is 10.4 Å². The van der Waals surface area contributed by atoms with Crippen LogP contribution in [0.3, 0.4) is 0 Å². The summed E-state index contributed by atoms with van der Waals surface area (Å²) in [5.74, 6) is -5.17. The van der Waals surface area contributed by atoms with Gasteiger partial charge in [-0.2, -0.15) is 0 Å². The monoisotopic (exact) mass is 298 g/mol. The average molecular weight is 298 g/mol. The minimum atomic E-state index is -1.60. The molecule has 0 unspecified atom stereocenters. The van der Waals surface area contributed by atoms with E-state index in [0.717, 1.165) is 5.03 Å². The van der Waals surface area contributed by atoms with Crippen molar-refractivity contribution in [3.05, 3.63) is 53.5 Å². The predicted octanol–water partition coefficient (Wildman–Crippen LogP) is 3.47. The summed E-state index contributed by atoms with van der Waals surface area (Å²) in [6.45, 7) is 0. The van der Waals surface area contributed by atoms with Crippen molar-refractivity contribution in [3.63, 3.8) is 0 Å². The van der Waals surface area contributed by atoms with Crippen LogP contribution >= 0.6 is 11.8 Å². The van der Waals surface area contributed by atoms with E-state index in [-0.39, 0.29) is 5.56 Å². The number of benzene rings is 1. The molecule has 104 valence electrons. The molecule has 0 aliphatic rings. The number of pyridine rings is 1. The molecule has 3 nitrogen and oxygen atoms in total. The summed E-state index contributed by atoms with van der Waals surface area (Å²) in [5.41, 5.74) is 0.0632. The highest BCUT2D eigenvalue weighted by atomic mass is 32.2. The van der Waals surface area contributed by atoms with Gasteiger partial charge >= 0.3 is 0 Å². The number of carbonyl (C=O) groups excluding carboxylic acids is 1. The van der Waals surface area contributed by atoms with Gasteiger partial charge in [-0.05, 0) is 30.5 Å². The fraction of sp³-hybridized carbons (Fsp3) is 0.0769. The van der Waals surface area contributed by atoms with Gasteiger partial charge in [0.2, 0.25) is 0 Å². The van der Waals surface area contributed by atoms with Crippen LogP contribution in [0.15, 0.2) is 35.5 Å². The first-order chi connectivity index (χ1) is 9.51. The van der Waals surface area contributed by atoms with Crippen LogP contribution in [-0.2, 0) is 0 Å². The lowest BCUT2D eigenvalue weighted by Crippen LogP contribution is -2.13. The third kappa shape index (κ3) is 3.11. The Bertz CT molecular complexity index is 624. The van der Waals surface area contributed by atoms with Crippen LogP contribution in [0.2, 0.25) is 0 Å². The molecule has 0 spiro atoms. The van der Waals surface area contributed by atoms with E-state index in [1.54, 1.807) is 12.1 Å². The molecule has 1 aromatic heterocycles. The van der Waals surface area contributed by atoms with Gasteiger partial charge in [0.15, 0.2) is 17.5 Å². The summed E-state index contributed by atoms with van der Waals surface area (Å²) < 4.78 is 38.8. The summed E-state index contributed by atoms with van der Waals surface area (Å²) in [6.07, 6.45) is 3.27. The summed E-state index contributed by atoms with van der Waals surface area (Å²) in [7, 11) is 0. The van der Waals surface area contributed by atoms with Crippen LogP contribution in [0.5, 0.6) is 0 Å². The molecule has 1 heterocycles. The number of hydrogen-bond donors (Lipinski definition) is 1. The summed E-state index contributed by atoms with van der Waals surface area (Å²) >= 11 is 1.43. The molecule has 2 aromatic rings. The number of nitrogens with one attached hydrogen (secondary N) is 1.